The second kappa shape index (κ2) is 7.87. The number of benzene rings is 1. The number of rotatable bonds is 4. The molecule has 1 N–H and O–H groups in total. The Morgan fingerprint density at radius 2 is 1.74 bits per heavy atom. The van der Waals surface area contributed by atoms with Crippen LogP contribution in [0.2, 0.25) is 0 Å². The zero-order chi connectivity index (χ0) is 22.4. The lowest BCUT2D eigenvalue weighted by Gasteiger charge is -2.30. The number of furan rings is 1. The number of likely N-dealkylation sites (tertiary alicyclic amines) is 1. The van der Waals surface area contributed by atoms with Gasteiger partial charge in [0.15, 0.2) is 0 Å². The van der Waals surface area contributed by atoms with Crippen LogP contribution in [0.4, 0.5) is 0 Å². The van der Waals surface area contributed by atoms with Gasteiger partial charge in [0.2, 0.25) is 5.91 Å². The average Bonchev–Trinajstić information content (AvgIpc) is 3.03. The molecule has 0 aliphatic carbocycles. The lowest BCUT2D eigenvalue weighted by Crippen LogP contribution is -2.42. The first-order chi connectivity index (χ1) is 14.7. The number of aryl methyl sites for hydroxylation is 4. The van der Waals surface area contributed by atoms with E-state index >= 15 is 0 Å². The minimum Gasteiger partial charge on any atom is -0.481 e. The smallest absolute Gasteiger partial charge is 0.339 e. The summed E-state index contributed by atoms with van der Waals surface area (Å²) in [5, 5.41) is 11.1. The second-order valence-corrected chi connectivity index (χ2v) is 8.55. The number of carboxylic acid groups (broad SMARTS) is 1. The van der Waals surface area contributed by atoms with E-state index in [4.69, 9.17) is 8.83 Å². The largest absolute Gasteiger partial charge is 0.481 e. The summed E-state index contributed by atoms with van der Waals surface area (Å²) in [6.07, 6.45) is 1.68. The Balaban J connectivity index is 1.64. The van der Waals surface area contributed by atoms with E-state index in [0.29, 0.717) is 30.5 Å². The van der Waals surface area contributed by atoms with Crippen molar-refractivity contribution in [2.75, 3.05) is 13.1 Å². The fourth-order valence-electron chi connectivity index (χ4n) is 4.58. The number of hydrogen-bond acceptors (Lipinski definition) is 5. The van der Waals surface area contributed by atoms with E-state index in [2.05, 4.69) is 0 Å². The first-order valence-corrected chi connectivity index (χ1v) is 10.6. The molecule has 164 valence electrons. The highest BCUT2D eigenvalue weighted by atomic mass is 16.4. The van der Waals surface area contributed by atoms with Crippen LogP contribution in [0.3, 0.4) is 0 Å². The number of fused-ring (bicyclic) bond motifs is 2. The van der Waals surface area contributed by atoms with Gasteiger partial charge in [-0.25, -0.2) is 4.79 Å². The van der Waals surface area contributed by atoms with E-state index in [1.165, 1.54) is 0 Å². The molecule has 0 saturated carbocycles. The van der Waals surface area contributed by atoms with Gasteiger partial charge in [0.25, 0.3) is 0 Å². The number of nitrogens with zero attached hydrogens (tertiary/aromatic N) is 1. The van der Waals surface area contributed by atoms with Crippen molar-refractivity contribution in [3.63, 3.8) is 0 Å². The summed E-state index contributed by atoms with van der Waals surface area (Å²) in [7, 11) is 0. The number of hydrogen-bond donors (Lipinski definition) is 1. The van der Waals surface area contributed by atoms with E-state index in [1.807, 2.05) is 33.8 Å². The summed E-state index contributed by atoms with van der Waals surface area (Å²) in [5.41, 5.74) is 3.95. The van der Waals surface area contributed by atoms with Crippen molar-refractivity contribution in [1.82, 2.24) is 4.90 Å². The fraction of sp³-hybridized carbons (Fsp3) is 0.458. The SMILES string of the molecule is Cc1oc2c(C)c3oc(=O)c(CCC(=O)N4CCC[C@@H](C(=O)O)C4)c(C)c3cc2c1C. The van der Waals surface area contributed by atoms with Gasteiger partial charge in [-0.2, -0.15) is 0 Å². The molecule has 0 bridgehead atoms. The molecule has 4 rings (SSSR count). The van der Waals surface area contributed by atoms with E-state index in [1.54, 1.807) is 4.90 Å². The van der Waals surface area contributed by atoms with Crippen LogP contribution >= 0.6 is 0 Å². The van der Waals surface area contributed by atoms with Crippen LogP contribution < -0.4 is 5.63 Å². The maximum Gasteiger partial charge on any atom is 0.339 e. The topological polar surface area (TPSA) is 101 Å². The van der Waals surface area contributed by atoms with E-state index in [9.17, 15) is 19.5 Å². The molecule has 0 radical (unpaired) electrons. The summed E-state index contributed by atoms with van der Waals surface area (Å²) < 4.78 is 11.5. The van der Waals surface area contributed by atoms with Gasteiger partial charge < -0.3 is 18.8 Å². The molecule has 3 heterocycles. The summed E-state index contributed by atoms with van der Waals surface area (Å²) >= 11 is 0. The molecule has 1 aromatic carbocycles. The average molecular weight is 425 g/mol. The number of carbonyl (C=O) groups excluding carboxylic acids is 1. The minimum absolute atomic E-state index is 0.127. The Bertz CT molecular complexity index is 1270. The van der Waals surface area contributed by atoms with Gasteiger partial charge in [-0.15, -0.1) is 0 Å². The quantitative estimate of drug-likeness (QED) is 0.634. The normalized spacial score (nSPS) is 16.9. The Morgan fingerprint density at radius 1 is 1.06 bits per heavy atom. The zero-order valence-electron chi connectivity index (χ0n) is 18.3. The third kappa shape index (κ3) is 3.62. The molecule has 31 heavy (non-hydrogen) atoms. The first-order valence-electron chi connectivity index (χ1n) is 10.6. The first kappa shape index (κ1) is 21.2. The predicted octanol–water partition coefficient (Wildman–Crippen LogP) is 4.03. The predicted molar refractivity (Wildman–Crippen MR) is 116 cm³/mol. The molecule has 1 fully saturated rings. The van der Waals surface area contributed by atoms with Crippen molar-refractivity contribution < 1.29 is 23.5 Å². The lowest BCUT2D eigenvalue weighted by atomic mass is 9.96. The Hall–Kier alpha value is -3.09. The molecule has 1 saturated heterocycles. The Labute approximate surface area is 179 Å². The highest BCUT2D eigenvalue weighted by Gasteiger charge is 2.28. The maximum atomic E-state index is 12.7. The van der Waals surface area contributed by atoms with Crippen molar-refractivity contribution in [3.05, 3.63) is 44.5 Å². The van der Waals surface area contributed by atoms with Gasteiger partial charge in [-0.1, -0.05) is 0 Å². The van der Waals surface area contributed by atoms with Crippen LogP contribution in [0.5, 0.6) is 0 Å². The van der Waals surface area contributed by atoms with Crippen molar-refractivity contribution >= 4 is 33.8 Å². The minimum atomic E-state index is -0.866. The monoisotopic (exact) mass is 425 g/mol. The fourth-order valence-corrected chi connectivity index (χ4v) is 4.58. The van der Waals surface area contributed by atoms with E-state index < -0.39 is 17.5 Å². The van der Waals surface area contributed by atoms with Crippen molar-refractivity contribution in [2.24, 2.45) is 5.92 Å². The number of amides is 1. The van der Waals surface area contributed by atoms with Crippen LogP contribution in [-0.4, -0.2) is 35.0 Å². The number of aliphatic carboxylic acids is 1. The molecule has 1 amide bonds. The van der Waals surface area contributed by atoms with Crippen molar-refractivity contribution in [3.8, 4) is 0 Å². The van der Waals surface area contributed by atoms with E-state index in [-0.39, 0.29) is 25.3 Å². The molecule has 1 aliphatic rings. The Morgan fingerprint density at radius 3 is 2.45 bits per heavy atom. The molecule has 7 nitrogen and oxygen atoms in total. The summed E-state index contributed by atoms with van der Waals surface area (Å²) in [6, 6.07) is 2.00. The molecule has 2 aromatic heterocycles. The van der Waals surface area contributed by atoms with Crippen molar-refractivity contribution in [1.29, 1.82) is 0 Å². The van der Waals surface area contributed by atoms with Gasteiger partial charge in [0.05, 0.1) is 5.92 Å². The summed E-state index contributed by atoms with van der Waals surface area (Å²) in [6.45, 7) is 8.47. The number of piperidine rings is 1. The summed E-state index contributed by atoms with van der Waals surface area (Å²) in [5.74, 6) is -0.676. The highest BCUT2D eigenvalue weighted by molar-refractivity contribution is 6.00. The van der Waals surface area contributed by atoms with Gasteiger partial charge >= 0.3 is 11.6 Å². The molecule has 0 spiro atoms. The Kier molecular flexibility index (Phi) is 5.37. The standard InChI is InChI=1S/C24H27NO6/c1-12-15(4)30-21-14(3)22-19(10-18(12)21)13(2)17(24(29)31-22)7-8-20(26)25-9-5-6-16(11-25)23(27)28/h10,16H,5-9,11H2,1-4H3,(H,27,28)/t16-/m1/s1. The molecule has 1 aliphatic heterocycles. The third-order valence-corrected chi connectivity index (χ3v) is 6.66. The van der Waals surface area contributed by atoms with Gasteiger partial charge in [0.1, 0.15) is 16.9 Å². The second-order valence-electron chi connectivity index (χ2n) is 8.55. The van der Waals surface area contributed by atoms with Crippen LogP contribution in [0.25, 0.3) is 21.9 Å². The molecule has 1 atom stereocenters. The van der Waals surface area contributed by atoms with E-state index in [0.717, 1.165) is 38.8 Å². The van der Waals surface area contributed by atoms with Crippen LogP contribution in [0, 0.1) is 33.6 Å². The molecular weight excluding hydrogens is 398 g/mol. The van der Waals surface area contributed by atoms with Crippen LogP contribution in [0.15, 0.2) is 19.7 Å². The molecular formula is C24H27NO6. The third-order valence-electron chi connectivity index (χ3n) is 6.66. The summed E-state index contributed by atoms with van der Waals surface area (Å²) in [4.78, 5) is 38.3. The highest BCUT2D eigenvalue weighted by Crippen LogP contribution is 2.34. The number of carboxylic acids is 1. The molecule has 0 unspecified atom stereocenters. The lowest BCUT2D eigenvalue weighted by molar-refractivity contribution is -0.145. The van der Waals surface area contributed by atoms with Gasteiger partial charge in [-0.05, 0) is 64.2 Å². The van der Waals surface area contributed by atoms with Crippen LogP contribution in [-0.2, 0) is 16.0 Å². The van der Waals surface area contributed by atoms with Crippen molar-refractivity contribution in [2.45, 2.75) is 53.4 Å². The van der Waals surface area contributed by atoms with Gasteiger partial charge in [-0.3, -0.25) is 9.59 Å². The van der Waals surface area contributed by atoms with Gasteiger partial charge in [0, 0.05) is 41.4 Å². The maximum absolute atomic E-state index is 12.7. The molecule has 3 aromatic rings. The molecule has 7 heteroatoms. The zero-order valence-corrected chi connectivity index (χ0v) is 18.3. The number of carbonyl (C=O) groups is 2. The van der Waals surface area contributed by atoms with Crippen LogP contribution in [0.1, 0.15) is 47.3 Å².